The van der Waals surface area contributed by atoms with E-state index in [9.17, 15) is 13.6 Å². The van der Waals surface area contributed by atoms with Crippen LogP contribution in [0.5, 0.6) is 0 Å². The summed E-state index contributed by atoms with van der Waals surface area (Å²) in [6.07, 6.45) is -0.262. The van der Waals surface area contributed by atoms with Crippen LogP contribution in [0, 0.1) is 11.6 Å². The largest absolute Gasteiger partial charge is 0.461 e. The van der Waals surface area contributed by atoms with E-state index in [0.29, 0.717) is 6.07 Å². The van der Waals surface area contributed by atoms with Crippen molar-refractivity contribution >= 4 is 11.7 Å². The minimum absolute atomic E-state index is 0.0484. The molecule has 6 heteroatoms. The molecule has 0 radical (unpaired) electrons. The fourth-order valence-corrected chi connectivity index (χ4v) is 1.21. The normalized spacial score (nSPS) is 11.4. The molecule has 0 aliphatic carbocycles. The predicted octanol–water partition coefficient (Wildman–Crippen LogP) is 1.90. The van der Waals surface area contributed by atoms with Crippen LogP contribution < -0.4 is 0 Å². The highest BCUT2D eigenvalue weighted by molar-refractivity contribution is 6.36. The first kappa shape index (κ1) is 13.1. The summed E-state index contributed by atoms with van der Waals surface area (Å²) in [5, 5.41) is 11.4. The minimum atomic E-state index is -0.835. The van der Waals surface area contributed by atoms with Crippen LogP contribution in [0.25, 0.3) is 0 Å². The van der Waals surface area contributed by atoms with Crippen molar-refractivity contribution in [3.63, 3.8) is 0 Å². The average molecular weight is 243 g/mol. The van der Waals surface area contributed by atoms with Crippen LogP contribution in [-0.4, -0.2) is 23.5 Å². The standard InChI is InChI=1S/C11H11F2NO3/c1-2-17-11(15)10(14-16)5-7-3-4-8(12)6-9(7)13/h3-4,6,16H,2,5H2,1H3/b14-10-. The number of nitrogens with zero attached hydrogens (tertiary/aromatic N) is 1. The highest BCUT2D eigenvalue weighted by Crippen LogP contribution is 2.11. The van der Waals surface area contributed by atoms with Gasteiger partial charge in [0.05, 0.1) is 6.61 Å². The number of carbonyl (C=O) groups excluding carboxylic acids is 1. The van der Waals surface area contributed by atoms with Crippen LogP contribution in [0.3, 0.4) is 0 Å². The number of hydrogen-bond donors (Lipinski definition) is 1. The Morgan fingerprint density at radius 3 is 2.71 bits per heavy atom. The van der Waals surface area contributed by atoms with Crippen molar-refractivity contribution in [2.45, 2.75) is 13.3 Å². The molecule has 0 saturated heterocycles. The fraction of sp³-hybridized carbons (Fsp3) is 0.273. The number of carbonyl (C=O) groups is 1. The molecular formula is C11H11F2NO3. The van der Waals surface area contributed by atoms with Crippen LogP contribution >= 0.6 is 0 Å². The van der Waals surface area contributed by atoms with Crippen LogP contribution in [0.2, 0.25) is 0 Å². The van der Waals surface area contributed by atoms with Gasteiger partial charge < -0.3 is 9.94 Å². The van der Waals surface area contributed by atoms with Crippen molar-refractivity contribution in [1.29, 1.82) is 0 Å². The fourth-order valence-electron chi connectivity index (χ4n) is 1.21. The van der Waals surface area contributed by atoms with Gasteiger partial charge in [-0.15, -0.1) is 0 Å². The molecule has 0 amide bonds. The second kappa shape index (κ2) is 5.93. The summed E-state index contributed by atoms with van der Waals surface area (Å²) in [5.74, 6) is -2.36. The Labute approximate surface area is 96.5 Å². The van der Waals surface area contributed by atoms with Crippen molar-refractivity contribution in [2.75, 3.05) is 6.61 Å². The van der Waals surface area contributed by atoms with Crippen molar-refractivity contribution in [1.82, 2.24) is 0 Å². The zero-order valence-electron chi connectivity index (χ0n) is 9.11. The van der Waals surface area contributed by atoms with Gasteiger partial charge in [0, 0.05) is 12.5 Å². The molecule has 0 fully saturated rings. The molecule has 1 aromatic rings. The molecule has 0 aromatic heterocycles. The lowest BCUT2D eigenvalue weighted by molar-refractivity contribution is -0.135. The Morgan fingerprint density at radius 2 is 2.18 bits per heavy atom. The summed E-state index contributed by atoms with van der Waals surface area (Å²) in [4.78, 5) is 11.2. The van der Waals surface area contributed by atoms with E-state index in [4.69, 9.17) is 5.21 Å². The number of hydrogen-bond acceptors (Lipinski definition) is 4. The first-order valence-electron chi connectivity index (χ1n) is 4.90. The van der Waals surface area contributed by atoms with Gasteiger partial charge in [-0.25, -0.2) is 13.6 Å². The summed E-state index contributed by atoms with van der Waals surface area (Å²) < 4.78 is 30.5. The topological polar surface area (TPSA) is 58.9 Å². The third kappa shape index (κ3) is 3.51. The number of ether oxygens (including phenoxy) is 1. The van der Waals surface area contributed by atoms with Gasteiger partial charge in [-0.1, -0.05) is 11.2 Å². The van der Waals surface area contributed by atoms with E-state index in [2.05, 4.69) is 9.89 Å². The molecule has 0 aliphatic heterocycles. The minimum Gasteiger partial charge on any atom is -0.461 e. The van der Waals surface area contributed by atoms with Gasteiger partial charge in [0.1, 0.15) is 11.6 Å². The Kier molecular flexibility index (Phi) is 4.56. The molecule has 0 unspecified atom stereocenters. The predicted molar refractivity (Wildman–Crippen MR) is 55.9 cm³/mol. The van der Waals surface area contributed by atoms with E-state index in [1.807, 2.05) is 0 Å². The number of esters is 1. The van der Waals surface area contributed by atoms with E-state index >= 15 is 0 Å². The maximum Gasteiger partial charge on any atom is 0.356 e. The van der Waals surface area contributed by atoms with Crippen molar-refractivity contribution < 1.29 is 23.5 Å². The summed E-state index contributed by atoms with van der Waals surface area (Å²) >= 11 is 0. The van der Waals surface area contributed by atoms with Crippen LogP contribution in [0.15, 0.2) is 23.4 Å². The van der Waals surface area contributed by atoms with Crippen LogP contribution in [0.1, 0.15) is 12.5 Å². The molecule has 0 bridgehead atoms. The first-order valence-corrected chi connectivity index (χ1v) is 4.90. The maximum absolute atomic E-state index is 13.3. The molecule has 1 N–H and O–H groups in total. The van der Waals surface area contributed by atoms with Gasteiger partial charge in [0.15, 0.2) is 5.71 Å². The lowest BCUT2D eigenvalue weighted by Crippen LogP contribution is -2.20. The molecule has 0 heterocycles. The molecule has 1 aromatic carbocycles. The zero-order valence-corrected chi connectivity index (χ0v) is 9.11. The molecule has 0 atom stereocenters. The van der Waals surface area contributed by atoms with E-state index in [1.54, 1.807) is 6.92 Å². The van der Waals surface area contributed by atoms with Gasteiger partial charge in [0.25, 0.3) is 0 Å². The third-order valence-electron chi connectivity index (χ3n) is 2.00. The summed E-state index contributed by atoms with van der Waals surface area (Å²) in [6.45, 7) is 1.70. The molecule has 92 valence electrons. The van der Waals surface area contributed by atoms with Gasteiger partial charge in [0.2, 0.25) is 0 Å². The van der Waals surface area contributed by atoms with Gasteiger partial charge in [-0.2, -0.15) is 0 Å². The Bertz CT molecular complexity index is 446. The second-order valence-corrected chi connectivity index (χ2v) is 3.18. The van der Waals surface area contributed by atoms with Gasteiger partial charge in [-0.3, -0.25) is 0 Å². The first-order chi connectivity index (χ1) is 8.08. The number of benzene rings is 1. The van der Waals surface area contributed by atoms with Gasteiger partial charge in [-0.05, 0) is 18.6 Å². The van der Waals surface area contributed by atoms with E-state index in [-0.39, 0.29) is 24.3 Å². The highest BCUT2D eigenvalue weighted by Gasteiger charge is 2.16. The second-order valence-electron chi connectivity index (χ2n) is 3.18. The number of rotatable bonds is 4. The molecule has 0 saturated carbocycles. The highest BCUT2D eigenvalue weighted by atomic mass is 19.1. The van der Waals surface area contributed by atoms with Crippen molar-refractivity contribution in [2.24, 2.45) is 5.16 Å². The van der Waals surface area contributed by atoms with Crippen molar-refractivity contribution in [3.05, 3.63) is 35.4 Å². The summed E-state index contributed by atoms with van der Waals surface area (Å²) in [5.41, 5.74) is -0.287. The molecule has 1 rings (SSSR count). The van der Waals surface area contributed by atoms with Crippen LogP contribution in [-0.2, 0) is 16.0 Å². The Morgan fingerprint density at radius 1 is 1.47 bits per heavy atom. The Hall–Kier alpha value is -1.98. The average Bonchev–Trinajstić information content (AvgIpc) is 2.28. The van der Waals surface area contributed by atoms with Crippen molar-refractivity contribution in [3.8, 4) is 0 Å². The van der Waals surface area contributed by atoms with Gasteiger partial charge >= 0.3 is 5.97 Å². The molecule has 4 nitrogen and oxygen atoms in total. The molecule has 17 heavy (non-hydrogen) atoms. The Balaban J connectivity index is 2.85. The number of halogens is 2. The molecular weight excluding hydrogens is 232 g/mol. The monoisotopic (exact) mass is 243 g/mol. The quantitative estimate of drug-likeness (QED) is 0.380. The summed E-state index contributed by atoms with van der Waals surface area (Å²) in [7, 11) is 0. The molecule has 0 spiro atoms. The van der Waals surface area contributed by atoms with E-state index in [0.717, 1.165) is 6.07 Å². The van der Waals surface area contributed by atoms with Crippen LogP contribution in [0.4, 0.5) is 8.78 Å². The van der Waals surface area contributed by atoms with E-state index < -0.39 is 17.6 Å². The lowest BCUT2D eigenvalue weighted by atomic mass is 10.1. The molecule has 0 aliphatic rings. The zero-order chi connectivity index (χ0) is 12.8. The SMILES string of the molecule is CCOC(=O)/C(Cc1ccc(F)cc1F)=N\O. The maximum atomic E-state index is 13.3. The summed E-state index contributed by atoms with van der Waals surface area (Å²) in [6, 6.07) is 2.92. The smallest absolute Gasteiger partial charge is 0.356 e. The van der Waals surface area contributed by atoms with E-state index in [1.165, 1.54) is 6.07 Å². The third-order valence-corrected chi connectivity index (χ3v) is 2.00. The lowest BCUT2D eigenvalue weighted by Gasteiger charge is -2.05. The number of oxime groups is 1.